The molecule has 8 nitrogen and oxygen atoms in total. The number of carbonyl (C=O) groups is 1. The zero-order valence-electron chi connectivity index (χ0n) is 19.1. The van der Waals surface area contributed by atoms with Crippen LogP contribution in [0.2, 0.25) is 0 Å². The largest absolute Gasteiger partial charge is 0.497 e. The molecule has 2 aromatic carbocycles. The zero-order valence-corrected chi connectivity index (χ0v) is 19.1. The third-order valence-electron chi connectivity index (χ3n) is 5.41. The Hall–Kier alpha value is -4.33. The van der Waals surface area contributed by atoms with Crippen molar-refractivity contribution in [2.75, 3.05) is 27.9 Å². The van der Waals surface area contributed by atoms with E-state index in [0.29, 0.717) is 40.1 Å². The molecule has 8 heteroatoms. The van der Waals surface area contributed by atoms with E-state index in [-0.39, 0.29) is 17.7 Å². The van der Waals surface area contributed by atoms with Gasteiger partial charge in [-0.15, -0.1) is 0 Å². The maximum atomic E-state index is 13.4. The second kappa shape index (κ2) is 10.1. The van der Waals surface area contributed by atoms with E-state index in [4.69, 9.17) is 18.9 Å². The lowest BCUT2D eigenvalue weighted by atomic mass is 10.1. The quantitative estimate of drug-likeness (QED) is 0.370. The molecule has 2 heterocycles. The summed E-state index contributed by atoms with van der Waals surface area (Å²) < 4.78 is 22.9. The SMILES string of the molecule is COc1ccc(-n2cc(C(=O)OCCc3ccccn3)c3cc(OC)c(OC)cc3c2=O)cc1. The van der Waals surface area contributed by atoms with Crippen molar-refractivity contribution in [3.8, 4) is 22.9 Å². The third kappa shape index (κ3) is 4.56. The number of benzene rings is 2. The summed E-state index contributed by atoms with van der Waals surface area (Å²) in [7, 11) is 4.55. The molecule has 0 radical (unpaired) electrons. The van der Waals surface area contributed by atoms with Crippen LogP contribution in [0.4, 0.5) is 0 Å². The number of aromatic nitrogens is 2. The fraction of sp³-hybridized carbons (Fsp3) is 0.192. The first-order valence-electron chi connectivity index (χ1n) is 10.6. The van der Waals surface area contributed by atoms with Gasteiger partial charge in [0.05, 0.1) is 38.9 Å². The van der Waals surface area contributed by atoms with Crippen molar-refractivity contribution in [3.05, 3.63) is 88.6 Å². The van der Waals surface area contributed by atoms with E-state index in [9.17, 15) is 9.59 Å². The van der Waals surface area contributed by atoms with Gasteiger partial charge in [-0.05, 0) is 48.5 Å². The molecule has 4 rings (SSSR count). The van der Waals surface area contributed by atoms with Gasteiger partial charge in [0.1, 0.15) is 5.75 Å². The Bertz CT molecular complexity index is 1360. The molecular weight excluding hydrogens is 436 g/mol. The predicted octanol–water partition coefficient (Wildman–Crippen LogP) is 3.81. The van der Waals surface area contributed by atoms with Gasteiger partial charge in [0.15, 0.2) is 11.5 Å². The van der Waals surface area contributed by atoms with Crippen LogP contribution < -0.4 is 19.8 Å². The van der Waals surface area contributed by atoms with E-state index >= 15 is 0 Å². The van der Waals surface area contributed by atoms with Crippen LogP contribution in [0.1, 0.15) is 16.1 Å². The highest BCUT2D eigenvalue weighted by Crippen LogP contribution is 2.33. The number of hydrogen-bond acceptors (Lipinski definition) is 7. The fourth-order valence-electron chi connectivity index (χ4n) is 3.64. The Morgan fingerprint density at radius 2 is 1.62 bits per heavy atom. The highest BCUT2D eigenvalue weighted by Gasteiger charge is 2.20. The molecule has 0 N–H and O–H groups in total. The minimum atomic E-state index is -0.560. The monoisotopic (exact) mass is 460 g/mol. The summed E-state index contributed by atoms with van der Waals surface area (Å²) in [4.78, 5) is 30.8. The lowest BCUT2D eigenvalue weighted by molar-refractivity contribution is 0.0510. The first-order valence-corrected chi connectivity index (χ1v) is 10.6. The molecule has 0 atom stereocenters. The van der Waals surface area contributed by atoms with Crippen molar-refractivity contribution in [1.82, 2.24) is 9.55 Å². The second-order valence-corrected chi connectivity index (χ2v) is 7.38. The smallest absolute Gasteiger partial charge is 0.340 e. The van der Waals surface area contributed by atoms with E-state index in [1.54, 1.807) is 49.7 Å². The molecule has 4 aromatic rings. The van der Waals surface area contributed by atoms with E-state index in [2.05, 4.69) is 4.98 Å². The molecule has 0 aliphatic heterocycles. The van der Waals surface area contributed by atoms with E-state index < -0.39 is 5.97 Å². The second-order valence-electron chi connectivity index (χ2n) is 7.38. The minimum Gasteiger partial charge on any atom is -0.497 e. The molecule has 0 aliphatic rings. The molecular formula is C26H24N2O6. The molecule has 174 valence electrons. The first-order chi connectivity index (χ1) is 16.5. The van der Waals surface area contributed by atoms with Crippen LogP contribution in [-0.4, -0.2) is 43.5 Å². The average molecular weight is 460 g/mol. The summed E-state index contributed by atoms with van der Waals surface area (Å²) in [5.74, 6) is 0.877. The highest BCUT2D eigenvalue weighted by molar-refractivity contribution is 6.05. The molecule has 0 saturated carbocycles. The highest BCUT2D eigenvalue weighted by atomic mass is 16.5. The van der Waals surface area contributed by atoms with E-state index in [0.717, 1.165) is 5.69 Å². The molecule has 34 heavy (non-hydrogen) atoms. The number of fused-ring (bicyclic) bond motifs is 1. The number of ether oxygens (including phenoxy) is 4. The van der Waals surface area contributed by atoms with Crippen molar-refractivity contribution in [1.29, 1.82) is 0 Å². The van der Waals surface area contributed by atoms with Gasteiger partial charge in [-0.3, -0.25) is 14.3 Å². The van der Waals surface area contributed by atoms with Gasteiger partial charge in [0.25, 0.3) is 5.56 Å². The number of pyridine rings is 2. The van der Waals surface area contributed by atoms with Gasteiger partial charge < -0.3 is 18.9 Å². The van der Waals surface area contributed by atoms with Crippen LogP contribution in [0.25, 0.3) is 16.5 Å². The van der Waals surface area contributed by atoms with Gasteiger partial charge >= 0.3 is 5.97 Å². The van der Waals surface area contributed by atoms with Crippen LogP contribution >= 0.6 is 0 Å². The number of nitrogens with zero attached hydrogens (tertiary/aromatic N) is 2. The zero-order chi connectivity index (χ0) is 24.1. The van der Waals surface area contributed by atoms with Gasteiger partial charge in [-0.2, -0.15) is 0 Å². The maximum absolute atomic E-state index is 13.4. The van der Waals surface area contributed by atoms with Gasteiger partial charge in [0.2, 0.25) is 0 Å². The molecule has 0 aliphatic carbocycles. The molecule has 2 aromatic heterocycles. The van der Waals surface area contributed by atoms with Crippen LogP contribution in [-0.2, 0) is 11.2 Å². The summed E-state index contributed by atoms with van der Waals surface area (Å²) in [6.45, 7) is 0.145. The van der Waals surface area contributed by atoms with Crippen LogP contribution in [0.5, 0.6) is 17.2 Å². The standard InChI is InChI=1S/C26H24N2O6/c1-31-19-9-7-18(8-10-19)28-16-22(26(30)34-13-11-17-6-4-5-12-27-17)20-14-23(32-2)24(33-3)15-21(20)25(28)29/h4-10,12,14-16H,11,13H2,1-3H3. The Labute approximate surface area is 196 Å². The topological polar surface area (TPSA) is 88.9 Å². The Kier molecular flexibility index (Phi) is 6.77. The normalized spacial score (nSPS) is 10.7. The van der Waals surface area contributed by atoms with Gasteiger partial charge in [0, 0.05) is 35.6 Å². The predicted molar refractivity (Wildman–Crippen MR) is 127 cm³/mol. The van der Waals surface area contributed by atoms with E-state index in [1.165, 1.54) is 25.0 Å². The van der Waals surface area contributed by atoms with Crippen molar-refractivity contribution >= 4 is 16.7 Å². The van der Waals surface area contributed by atoms with Crippen molar-refractivity contribution in [2.24, 2.45) is 0 Å². The molecule has 0 bridgehead atoms. The third-order valence-corrected chi connectivity index (χ3v) is 5.41. The van der Waals surface area contributed by atoms with Gasteiger partial charge in [-0.25, -0.2) is 4.79 Å². The molecule has 0 unspecified atom stereocenters. The number of esters is 1. The molecule has 0 fully saturated rings. The van der Waals surface area contributed by atoms with Crippen LogP contribution in [0.15, 0.2) is 71.8 Å². The van der Waals surface area contributed by atoms with E-state index in [1.807, 2.05) is 18.2 Å². The summed E-state index contributed by atoms with van der Waals surface area (Å²) in [5.41, 5.74) is 1.30. The Morgan fingerprint density at radius 1 is 0.912 bits per heavy atom. The molecule has 0 saturated heterocycles. The Morgan fingerprint density at radius 3 is 2.24 bits per heavy atom. The maximum Gasteiger partial charge on any atom is 0.340 e. The summed E-state index contributed by atoms with van der Waals surface area (Å²) in [6.07, 6.45) is 3.65. The number of hydrogen-bond donors (Lipinski definition) is 0. The number of rotatable bonds is 8. The number of carbonyl (C=O) groups excluding carboxylic acids is 1. The van der Waals surface area contributed by atoms with Gasteiger partial charge in [-0.1, -0.05) is 6.07 Å². The van der Waals surface area contributed by atoms with Crippen molar-refractivity contribution < 1.29 is 23.7 Å². The lowest BCUT2D eigenvalue weighted by Gasteiger charge is -2.15. The summed E-state index contributed by atoms with van der Waals surface area (Å²) in [6, 6.07) is 15.7. The minimum absolute atomic E-state index is 0.145. The number of methoxy groups -OCH3 is 3. The van der Waals surface area contributed by atoms with Crippen LogP contribution in [0.3, 0.4) is 0 Å². The van der Waals surface area contributed by atoms with Crippen molar-refractivity contribution in [2.45, 2.75) is 6.42 Å². The summed E-state index contributed by atoms with van der Waals surface area (Å²) >= 11 is 0. The summed E-state index contributed by atoms with van der Waals surface area (Å²) in [5, 5.41) is 0.711. The first kappa shape index (κ1) is 22.8. The molecule has 0 amide bonds. The van der Waals surface area contributed by atoms with Crippen molar-refractivity contribution in [3.63, 3.8) is 0 Å². The fourth-order valence-corrected chi connectivity index (χ4v) is 3.64. The lowest BCUT2D eigenvalue weighted by Crippen LogP contribution is -2.21. The average Bonchev–Trinajstić information content (AvgIpc) is 2.89. The Balaban J connectivity index is 1.79. The molecule has 0 spiro atoms. The van der Waals surface area contributed by atoms with Crippen LogP contribution in [0, 0.1) is 0 Å².